The Morgan fingerprint density at radius 1 is 0.781 bits per heavy atom. The van der Waals surface area contributed by atoms with Gasteiger partial charge >= 0.3 is 0 Å². The summed E-state index contributed by atoms with van der Waals surface area (Å²) in [5.41, 5.74) is 0.779. The maximum Gasteiger partial charge on any atom is 0.294 e. The van der Waals surface area contributed by atoms with E-state index in [0.717, 1.165) is 0 Å². The van der Waals surface area contributed by atoms with Gasteiger partial charge in [0.2, 0.25) is 11.9 Å². The molecule has 0 spiro atoms. The van der Waals surface area contributed by atoms with E-state index in [9.17, 15) is 21.4 Å². The van der Waals surface area contributed by atoms with E-state index in [1.165, 1.54) is 42.5 Å². The van der Waals surface area contributed by atoms with Crippen LogP contribution in [0.2, 0.25) is 0 Å². The molecule has 0 bridgehead atoms. The molecule has 0 unspecified atom stereocenters. The molecule has 3 rings (SSSR count). The zero-order valence-corrected chi connectivity index (χ0v) is 18.4. The molecule has 1 aromatic heterocycles. The monoisotopic (exact) mass is 480 g/mol. The first-order chi connectivity index (χ1) is 15.0. The molecule has 12 nitrogen and oxygen atoms in total. The number of nitrogens with one attached hydrogen (secondary N) is 3. The third kappa shape index (κ3) is 6.41. The van der Waals surface area contributed by atoms with Crippen molar-refractivity contribution in [2.75, 3.05) is 17.2 Å². The molecule has 3 aromatic rings. The molecule has 0 saturated carbocycles. The summed E-state index contributed by atoms with van der Waals surface area (Å²) in [6.45, 7) is 2.91. The van der Waals surface area contributed by atoms with Crippen LogP contribution in [0.25, 0.3) is 0 Å². The van der Waals surface area contributed by atoms with Crippen LogP contribution in [0.15, 0.2) is 58.3 Å². The van der Waals surface area contributed by atoms with Gasteiger partial charge in [-0.05, 0) is 49.0 Å². The zero-order valence-electron chi connectivity index (χ0n) is 16.7. The predicted octanol–water partition coefficient (Wildman–Crippen LogP) is 1.96. The van der Waals surface area contributed by atoms with Gasteiger partial charge in [-0.1, -0.05) is 13.0 Å². The fourth-order valence-corrected chi connectivity index (χ4v) is 3.56. The Morgan fingerprint density at radius 2 is 1.38 bits per heavy atom. The van der Waals surface area contributed by atoms with Crippen molar-refractivity contribution >= 4 is 43.5 Å². The molecular weight excluding hydrogens is 460 g/mol. The van der Waals surface area contributed by atoms with E-state index in [1.54, 1.807) is 6.07 Å². The third-order valence-corrected chi connectivity index (χ3v) is 5.73. The molecule has 0 aliphatic heterocycles. The standard InChI is InChI=1S/C18H20N6O6S2/c1-2-19-11-16-22-17(20-12-6-8-14(9-7-12)31(25,26)27)24-18(23-16)21-13-4-3-5-15(10-13)32(28,29)30/h3-10,19H,2,11H2,1H3,(H,25,26,27)(H,28,29,30)(H2,20,21,22,23,24). The maximum absolute atomic E-state index is 11.4. The first-order valence-electron chi connectivity index (χ1n) is 9.19. The highest BCUT2D eigenvalue weighted by Gasteiger charge is 2.13. The number of benzene rings is 2. The van der Waals surface area contributed by atoms with E-state index in [2.05, 4.69) is 30.9 Å². The van der Waals surface area contributed by atoms with Gasteiger partial charge in [0.1, 0.15) is 5.82 Å². The summed E-state index contributed by atoms with van der Waals surface area (Å²) in [5.74, 6) is 0.630. The van der Waals surface area contributed by atoms with Gasteiger partial charge in [0.05, 0.1) is 16.3 Å². The second-order valence-corrected chi connectivity index (χ2v) is 9.27. The average molecular weight is 481 g/mol. The summed E-state index contributed by atoms with van der Waals surface area (Å²) in [4.78, 5) is 12.3. The number of rotatable bonds is 9. The van der Waals surface area contributed by atoms with E-state index in [4.69, 9.17) is 4.55 Å². The van der Waals surface area contributed by atoms with Crippen LogP contribution in [0.1, 0.15) is 12.7 Å². The molecule has 0 aliphatic carbocycles. The maximum atomic E-state index is 11.4. The van der Waals surface area contributed by atoms with E-state index in [0.29, 0.717) is 30.3 Å². The average Bonchev–Trinajstić information content (AvgIpc) is 2.71. The predicted molar refractivity (Wildman–Crippen MR) is 116 cm³/mol. The number of anilines is 4. The van der Waals surface area contributed by atoms with Gasteiger partial charge < -0.3 is 16.0 Å². The summed E-state index contributed by atoms with van der Waals surface area (Å²) < 4.78 is 63.4. The van der Waals surface area contributed by atoms with Gasteiger partial charge in [0.15, 0.2) is 0 Å². The molecule has 5 N–H and O–H groups in total. The number of hydrogen-bond acceptors (Lipinski definition) is 10. The van der Waals surface area contributed by atoms with Crippen molar-refractivity contribution in [2.45, 2.75) is 23.3 Å². The molecule has 0 aliphatic rings. The number of aromatic nitrogens is 3. The summed E-state index contributed by atoms with van der Waals surface area (Å²) in [5, 5.41) is 8.87. The van der Waals surface area contributed by atoms with Crippen LogP contribution < -0.4 is 16.0 Å². The van der Waals surface area contributed by atoms with Crippen molar-refractivity contribution in [2.24, 2.45) is 0 Å². The largest absolute Gasteiger partial charge is 0.324 e. The van der Waals surface area contributed by atoms with Gasteiger partial charge in [0.25, 0.3) is 20.2 Å². The quantitative estimate of drug-likeness (QED) is 0.281. The second-order valence-electron chi connectivity index (χ2n) is 6.43. The van der Waals surface area contributed by atoms with Crippen LogP contribution in [0.4, 0.5) is 23.3 Å². The fourth-order valence-electron chi connectivity index (χ4n) is 2.55. The Morgan fingerprint density at radius 3 is 1.94 bits per heavy atom. The Labute approximate surface area is 184 Å². The van der Waals surface area contributed by atoms with E-state index in [-0.39, 0.29) is 21.7 Å². The van der Waals surface area contributed by atoms with Crippen molar-refractivity contribution in [3.05, 3.63) is 54.4 Å². The lowest BCUT2D eigenvalue weighted by Gasteiger charge is -2.11. The zero-order chi connectivity index (χ0) is 23.4. The van der Waals surface area contributed by atoms with Crippen LogP contribution in [0.3, 0.4) is 0 Å². The summed E-state index contributed by atoms with van der Waals surface area (Å²) in [7, 11) is -8.69. The molecule has 0 amide bonds. The lowest BCUT2D eigenvalue weighted by molar-refractivity contribution is 0.481. The van der Waals surface area contributed by atoms with Gasteiger partial charge in [-0.15, -0.1) is 0 Å². The highest BCUT2D eigenvalue weighted by Crippen LogP contribution is 2.21. The van der Waals surface area contributed by atoms with Crippen molar-refractivity contribution in [3.63, 3.8) is 0 Å². The van der Waals surface area contributed by atoms with Gasteiger partial charge in [-0.3, -0.25) is 9.11 Å². The van der Waals surface area contributed by atoms with Crippen molar-refractivity contribution in [3.8, 4) is 0 Å². The number of hydrogen-bond donors (Lipinski definition) is 5. The molecule has 0 atom stereocenters. The van der Waals surface area contributed by atoms with Crippen molar-refractivity contribution in [1.82, 2.24) is 20.3 Å². The smallest absolute Gasteiger partial charge is 0.294 e. The molecular formula is C18H20N6O6S2. The first kappa shape index (κ1) is 23.5. The SMILES string of the molecule is CCNCc1nc(Nc2ccc(S(=O)(=O)O)cc2)nc(Nc2cccc(S(=O)(=O)O)c2)n1. The summed E-state index contributed by atoms with van der Waals surface area (Å²) >= 11 is 0. The van der Waals surface area contributed by atoms with E-state index in [1.807, 2.05) is 6.92 Å². The van der Waals surface area contributed by atoms with Gasteiger partial charge in [-0.2, -0.15) is 31.8 Å². The molecule has 32 heavy (non-hydrogen) atoms. The van der Waals surface area contributed by atoms with Crippen LogP contribution >= 0.6 is 0 Å². The van der Waals surface area contributed by atoms with E-state index < -0.39 is 20.2 Å². The van der Waals surface area contributed by atoms with Gasteiger partial charge in [0, 0.05) is 11.4 Å². The molecule has 2 aromatic carbocycles. The minimum Gasteiger partial charge on any atom is -0.324 e. The van der Waals surface area contributed by atoms with Gasteiger partial charge in [-0.25, -0.2) is 0 Å². The summed E-state index contributed by atoms with van der Waals surface area (Å²) in [6, 6.07) is 10.8. The minimum absolute atomic E-state index is 0.109. The minimum atomic E-state index is -4.38. The Hall–Kier alpha value is -3.17. The fraction of sp³-hybridized carbons (Fsp3) is 0.167. The van der Waals surface area contributed by atoms with Crippen LogP contribution in [0.5, 0.6) is 0 Å². The topological polar surface area (TPSA) is 184 Å². The van der Waals surface area contributed by atoms with Crippen molar-refractivity contribution < 1.29 is 25.9 Å². The molecule has 14 heteroatoms. The normalized spacial score (nSPS) is 11.8. The number of nitrogens with zero attached hydrogens (tertiary/aromatic N) is 3. The molecule has 1 heterocycles. The molecule has 0 saturated heterocycles. The molecule has 0 fully saturated rings. The van der Waals surface area contributed by atoms with E-state index >= 15 is 0 Å². The van der Waals surface area contributed by atoms with Crippen LogP contribution in [0, 0.1) is 0 Å². The first-order valence-corrected chi connectivity index (χ1v) is 12.1. The summed E-state index contributed by atoms with van der Waals surface area (Å²) in [6.07, 6.45) is 0. The lowest BCUT2D eigenvalue weighted by Crippen LogP contribution is -2.16. The Balaban J connectivity index is 1.90. The van der Waals surface area contributed by atoms with Crippen molar-refractivity contribution in [1.29, 1.82) is 0 Å². The highest BCUT2D eigenvalue weighted by atomic mass is 32.2. The highest BCUT2D eigenvalue weighted by molar-refractivity contribution is 7.86. The second kappa shape index (κ2) is 9.54. The Kier molecular flexibility index (Phi) is 7.00. The molecule has 170 valence electrons. The van der Waals surface area contributed by atoms with Crippen LogP contribution in [-0.4, -0.2) is 47.4 Å². The lowest BCUT2D eigenvalue weighted by atomic mass is 10.3. The third-order valence-electron chi connectivity index (χ3n) is 4.01. The molecule has 0 radical (unpaired) electrons. The Bertz CT molecular complexity index is 1310. The van der Waals surface area contributed by atoms with Crippen LogP contribution in [-0.2, 0) is 26.8 Å².